The first-order chi connectivity index (χ1) is 7.99. The highest BCUT2D eigenvalue weighted by molar-refractivity contribution is 6.30. The lowest BCUT2D eigenvalue weighted by Crippen LogP contribution is -2.35. The van der Waals surface area contributed by atoms with Crippen molar-refractivity contribution in [2.24, 2.45) is 5.73 Å². The molecular formula is C10H10ClFN4O. The summed E-state index contributed by atoms with van der Waals surface area (Å²) in [5.74, 6) is -1.57. The average Bonchev–Trinajstić information content (AvgIpc) is 2.29. The monoisotopic (exact) mass is 256 g/mol. The molecule has 1 aromatic heterocycles. The lowest BCUT2D eigenvalue weighted by atomic mass is 10.2. The maximum absolute atomic E-state index is 13.5. The number of carbonyl (C=O) groups is 1. The first-order valence-corrected chi connectivity index (χ1v) is 5.19. The molecule has 0 saturated heterocycles. The summed E-state index contributed by atoms with van der Waals surface area (Å²) in [6.07, 6.45) is 0.383. The van der Waals surface area contributed by atoms with Gasteiger partial charge in [0.05, 0.1) is 5.56 Å². The van der Waals surface area contributed by atoms with Gasteiger partial charge in [-0.15, -0.1) is 0 Å². The second-order valence-electron chi connectivity index (χ2n) is 3.28. The Morgan fingerprint density at radius 3 is 2.94 bits per heavy atom. The molecule has 0 saturated carbocycles. The predicted molar refractivity (Wildman–Crippen MR) is 60.8 cm³/mol. The van der Waals surface area contributed by atoms with Gasteiger partial charge >= 0.3 is 0 Å². The highest BCUT2D eigenvalue weighted by atomic mass is 35.5. The van der Waals surface area contributed by atoms with Crippen LogP contribution in [0, 0.1) is 17.1 Å². The minimum Gasteiger partial charge on any atom is -0.368 e. The van der Waals surface area contributed by atoms with Crippen molar-refractivity contribution in [1.82, 2.24) is 4.98 Å². The van der Waals surface area contributed by atoms with Crippen LogP contribution in [-0.2, 0) is 4.79 Å². The maximum Gasteiger partial charge on any atom is 0.239 e. The number of hydrogen-bond donors (Lipinski definition) is 2. The van der Waals surface area contributed by atoms with Crippen LogP contribution >= 0.6 is 11.6 Å². The Kier molecular flexibility index (Phi) is 4.24. The largest absolute Gasteiger partial charge is 0.368 e. The van der Waals surface area contributed by atoms with Crippen molar-refractivity contribution in [2.45, 2.75) is 19.4 Å². The first kappa shape index (κ1) is 13.2. The Morgan fingerprint density at radius 1 is 1.82 bits per heavy atom. The Balaban J connectivity index is 3.04. The van der Waals surface area contributed by atoms with Gasteiger partial charge in [0.1, 0.15) is 17.3 Å². The van der Waals surface area contributed by atoms with E-state index in [2.05, 4.69) is 10.3 Å². The zero-order chi connectivity index (χ0) is 13.0. The summed E-state index contributed by atoms with van der Waals surface area (Å²) in [4.78, 5) is 14.6. The molecular weight excluding hydrogens is 247 g/mol. The van der Waals surface area contributed by atoms with E-state index >= 15 is 0 Å². The molecule has 0 aliphatic carbocycles. The van der Waals surface area contributed by atoms with Crippen LogP contribution in [0.1, 0.15) is 18.9 Å². The number of hydrogen-bond acceptors (Lipinski definition) is 4. The van der Waals surface area contributed by atoms with E-state index < -0.39 is 17.8 Å². The number of primary amides is 1. The molecule has 0 spiro atoms. The van der Waals surface area contributed by atoms with E-state index in [-0.39, 0.29) is 16.5 Å². The standard InChI is InChI=1S/C10H10ClFN4O/c1-2-7(9(14)17)15-10-6(12)3-5(4-13)8(11)16-10/h3,7H,2H2,1H3,(H2,14,17)(H,15,16). The number of anilines is 1. The summed E-state index contributed by atoms with van der Waals surface area (Å²) in [5.41, 5.74) is 5.03. The SMILES string of the molecule is CCC(Nc1nc(Cl)c(C#N)cc1F)C(N)=O. The van der Waals surface area contributed by atoms with E-state index in [9.17, 15) is 9.18 Å². The molecule has 0 aromatic carbocycles. The van der Waals surface area contributed by atoms with Crippen molar-refractivity contribution >= 4 is 23.3 Å². The van der Waals surface area contributed by atoms with E-state index in [1.54, 1.807) is 13.0 Å². The molecule has 0 aliphatic heterocycles. The highest BCUT2D eigenvalue weighted by Gasteiger charge is 2.17. The summed E-state index contributed by atoms with van der Waals surface area (Å²) in [6.45, 7) is 1.71. The number of halogens is 2. The fraction of sp³-hybridized carbons (Fsp3) is 0.300. The van der Waals surface area contributed by atoms with E-state index in [0.717, 1.165) is 6.07 Å². The second-order valence-corrected chi connectivity index (χ2v) is 3.63. The zero-order valence-electron chi connectivity index (χ0n) is 9.00. The minimum absolute atomic E-state index is 0.0677. The normalized spacial score (nSPS) is 11.6. The lowest BCUT2D eigenvalue weighted by molar-refractivity contribution is -0.118. The Hall–Kier alpha value is -1.87. The number of pyridine rings is 1. The van der Waals surface area contributed by atoms with Crippen LogP contribution in [0.4, 0.5) is 10.2 Å². The van der Waals surface area contributed by atoms with Crippen LogP contribution in [0.15, 0.2) is 6.07 Å². The molecule has 1 amide bonds. The molecule has 0 fully saturated rings. The summed E-state index contributed by atoms with van der Waals surface area (Å²) in [6, 6.07) is 1.91. The van der Waals surface area contributed by atoms with Crippen molar-refractivity contribution in [3.05, 3.63) is 22.6 Å². The number of nitriles is 1. The van der Waals surface area contributed by atoms with Crippen molar-refractivity contribution < 1.29 is 9.18 Å². The molecule has 0 bridgehead atoms. The van der Waals surface area contributed by atoms with Gasteiger partial charge in [-0.05, 0) is 12.5 Å². The summed E-state index contributed by atoms with van der Waals surface area (Å²) >= 11 is 5.65. The number of nitrogens with two attached hydrogens (primary N) is 1. The Labute approximate surface area is 102 Å². The van der Waals surface area contributed by atoms with Gasteiger partial charge in [0.2, 0.25) is 5.91 Å². The molecule has 17 heavy (non-hydrogen) atoms. The molecule has 0 radical (unpaired) electrons. The first-order valence-electron chi connectivity index (χ1n) is 4.81. The molecule has 5 nitrogen and oxygen atoms in total. The van der Waals surface area contributed by atoms with Crippen molar-refractivity contribution in [2.75, 3.05) is 5.32 Å². The molecule has 1 aromatic rings. The number of rotatable bonds is 4. The van der Waals surface area contributed by atoms with Gasteiger partial charge in [0, 0.05) is 0 Å². The molecule has 7 heteroatoms. The number of carbonyl (C=O) groups excluding carboxylic acids is 1. The van der Waals surface area contributed by atoms with Crippen molar-refractivity contribution in [3.63, 3.8) is 0 Å². The number of nitrogens with one attached hydrogen (secondary N) is 1. The molecule has 90 valence electrons. The summed E-state index contributed by atoms with van der Waals surface area (Å²) in [7, 11) is 0. The predicted octanol–water partition coefficient (Wildman–Crippen LogP) is 1.42. The quantitative estimate of drug-likeness (QED) is 0.797. The van der Waals surface area contributed by atoms with E-state index in [0.29, 0.717) is 6.42 Å². The molecule has 1 unspecified atom stereocenters. The average molecular weight is 257 g/mol. The van der Waals surface area contributed by atoms with Crippen LogP contribution in [0.5, 0.6) is 0 Å². The van der Waals surface area contributed by atoms with Crippen LogP contribution in [0.2, 0.25) is 5.15 Å². The Bertz CT molecular complexity index is 486. The molecule has 0 aliphatic rings. The lowest BCUT2D eigenvalue weighted by Gasteiger charge is -2.14. The van der Waals surface area contributed by atoms with Crippen LogP contribution in [0.3, 0.4) is 0 Å². The van der Waals surface area contributed by atoms with Gasteiger partial charge in [-0.1, -0.05) is 18.5 Å². The third kappa shape index (κ3) is 3.04. The molecule has 3 N–H and O–H groups in total. The zero-order valence-corrected chi connectivity index (χ0v) is 9.75. The smallest absolute Gasteiger partial charge is 0.239 e. The van der Waals surface area contributed by atoms with Gasteiger partial charge in [-0.2, -0.15) is 5.26 Å². The third-order valence-electron chi connectivity index (χ3n) is 2.11. The fourth-order valence-electron chi connectivity index (χ4n) is 1.19. The fourth-order valence-corrected chi connectivity index (χ4v) is 1.37. The number of nitrogens with zero attached hydrogens (tertiary/aromatic N) is 2. The molecule has 1 rings (SSSR count). The maximum atomic E-state index is 13.5. The van der Waals surface area contributed by atoms with Crippen LogP contribution in [-0.4, -0.2) is 16.9 Å². The number of amides is 1. The van der Waals surface area contributed by atoms with Gasteiger partial charge in [0.15, 0.2) is 11.6 Å². The third-order valence-corrected chi connectivity index (χ3v) is 2.40. The molecule has 1 heterocycles. The summed E-state index contributed by atoms with van der Waals surface area (Å²) in [5, 5.41) is 11.0. The van der Waals surface area contributed by atoms with Gasteiger partial charge in [0.25, 0.3) is 0 Å². The van der Waals surface area contributed by atoms with Gasteiger partial charge in [-0.25, -0.2) is 9.37 Å². The van der Waals surface area contributed by atoms with Crippen LogP contribution in [0.25, 0.3) is 0 Å². The van der Waals surface area contributed by atoms with Gasteiger partial charge in [-0.3, -0.25) is 4.79 Å². The minimum atomic E-state index is -0.759. The highest BCUT2D eigenvalue weighted by Crippen LogP contribution is 2.20. The van der Waals surface area contributed by atoms with E-state index in [1.807, 2.05) is 0 Å². The van der Waals surface area contributed by atoms with Gasteiger partial charge < -0.3 is 11.1 Å². The topological polar surface area (TPSA) is 91.8 Å². The van der Waals surface area contributed by atoms with Crippen molar-refractivity contribution in [3.8, 4) is 6.07 Å². The number of aromatic nitrogens is 1. The van der Waals surface area contributed by atoms with E-state index in [4.69, 9.17) is 22.6 Å². The molecule has 1 atom stereocenters. The Morgan fingerprint density at radius 2 is 2.47 bits per heavy atom. The van der Waals surface area contributed by atoms with Crippen LogP contribution < -0.4 is 11.1 Å². The van der Waals surface area contributed by atoms with E-state index in [1.165, 1.54) is 0 Å². The second kappa shape index (κ2) is 5.46. The summed E-state index contributed by atoms with van der Waals surface area (Å²) < 4.78 is 13.5. The van der Waals surface area contributed by atoms with Crippen molar-refractivity contribution in [1.29, 1.82) is 5.26 Å².